The molecule has 0 N–H and O–H groups in total. The molecule has 5 nitrogen and oxygen atoms in total. The first-order valence-electron chi connectivity index (χ1n) is 12.6. The van der Waals surface area contributed by atoms with Crippen molar-refractivity contribution < 1.29 is 19.1 Å². The Balaban J connectivity index is 1.35. The summed E-state index contributed by atoms with van der Waals surface area (Å²) in [6.07, 6.45) is 5.98. The van der Waals surface area contributed by atoms with Crippen LogP contribution in [0.5, 0.6) is 0 Å². The second-order valence-electron chi connectivity index (χ2n) is 8.81. The molecule has 4 rings (SSSR count). The van der Waals surface area contributed by atoms with E-state index in [1.165, 1.54) is 22.1 Å². The smallest absolute Gasteiger partial charge is 0.264 e. The van der Waals surface area contributed by atoms with E-state index in [9.17, 15) is 9.59 Å². The van der Waals surface area contributed by atoms with Gasteiger partial charge in [0.2, 0.25) is 0 Å². The average molecular weight is 514 g/mol. The fourth-order valence-electron chi connectivity index (χ4n) is 4.69. The second-order valence-corrected chi connectivity index (χ2v) is 12.9. The first-order chi connectivity index (χ1) is 18.2. The molecule has 37 heavy (non-hydrogen) atoms. The first kappa shape index (κ1) is 26.2. The number of rotatable bonds is 12. The van der Waals surface area contributed by atoms with Crippen LogP contribution in [0, 0.1) is 0 Å². The predicted octanol–water partition coefficient (Wildman–Crippen LogP) is 4.68. The zero-order valence-electron chi connectivity index (χ0n) is 20.8. The van der Waals surface area contributed by atoms with Crippen molar-refractivity contribution in [3.63, 3.8) is 0 Å². The van der Waals surface area contributed by atoms with Gasteiger partial charge in [0.25, 0.3) is 0 Å². The number of hydrogen-bond donors (Lipinski definition) is 0. The van der Waals surface area contributed by atoms with Crippen molar-refractivity contribution in [1.82, 2.24) is 4.98 Å². The van der Waals surface area contributed by atoms with Crippen LogP contribution in [0.2, 0.25) is 0 Å². The van der Waals surface area contributed by atoms with E-state index in [1.54, 1.807) is 18.3 Å². The number of ether oxygens (including phenoxy) is 2. The number of aromatic nitrogens is 1. The summed E-state index contributed by atoms with van der Waals surface area (Å²) in [5, 5.41) is 4.10. The van der Waals surface area contributed by atoms with Crippen molar-refractivity contribution in [2.24, 2.45) is 0 Å². The van der Waals surface area contributed by atoms with Crippen molar-refractivity contribution in [3.05, 3.63) is 121 Å². The molecule has 0 radical (unpaired) electrons. The number of nitrogens with zero attached hydrogens (tertiary/aromatic N) is 1. The normalized spacial score (nSPS) is 11.5. The average Bonchev–Trinajstić information content (AvgIpc) is 2.97. The fourth-order valence-corrected chi connectivity index (χ4v) is 9.62. The van der Waals surface area contributed by atoms with Crippen LogP contribution in [0.15, 0.2) is 116 Å². The molecule has 0 aliphatic rings. The number of unbranched alkanes of at least 4 members (excludes halogenated alkanes) is 1. The number of hydrogen-bond acceptors (Lipinski definition) is 5. The number of carbonyl (C=O) groups excluding carboxylic acids is 2. The Labute approximate surface area is 218 Å². The van der Waals surface area contributed by atoms with E-state index in [2.05, 4.69) is 96.0 Å². The molecule has 0 fully saturated rings. The Kier molecular flexibility index (Phi) is 9.56. The van der Waals surface area contributed by atoms with E-state index < -0.39 is 13.2 Å². The summed E-state index contributed by atoms with van der Waals surface area (Å²) in [7, 11) is -2.29. The maximum atomic E-state index is 12.3. The summed E-state index contributed by atoms with van der Waals surface area (Å²) >= 11 is 0. The van der Waals surface area contributed by atoms with E-state index in [0.717, 1.165) is 19.0 Å². The minimum Gasteiger partial charge on any atom is -0.264 e. The molecule has 6 heteroatoms. The Bertz CT molecular complexity index is 1160. The summed E-state index contributed by atoms with van der Waals surface area (Å²) in [5.41, 5.74) is 0.372. The van der Waals surface area contributed by atoms with Gasteiger partial charge in [0.05, 0.1) is 0 Å². The van der Waals surface area contributed by atoms with E-state index in [0.29, 0.717) is 12.0 Å². The Morgan fingerprint density at radius 2 is 1.19 bits per heavy atom. The molecular weight excluding hydrogens is 481 g/mol. The summed E-state index contributed by atoms with van der Waals surface area (Å²) < 4.78 is 10.4. The van der Waals surface area contributed by atoms with Gasteiger partial charge in [0, 0.05) is 6.20 Å². The van der Waals surface area contributed by atoms with Crippen LogP contribution in [0.1, 0.15) is 29.6 Å². The summed E-state index contributed by atoms with van der Waals surface area (Å²) in [5.74, 6) is -0.753. The minimum absolute atomic E-state index is 0.0194. The third kappa shape index (κ3) is 6.90. The fraction of sp³-hybridized carbons (Fsp3) is 0.194. The van der Waals surface area contributed by atoms with E-state index in [4.69, 9.17) is 9.47 Å². The number of benzene rings is 3. The third-order valence-electron chi connectivity index (χ3n) is 6.46. The molecule has 0 bridgehead atoms. The molecule has 4 aromatic rings. The van der Waals surface area contributed by atoms with Crippen LogP contribution in [-0.4, -0.2) is 36.3 Å². The summed E-state index contributed by atoms with van der Waals surface area (Å²) in [4.78, 5) is 28.2. The number of pyridine rings is 1. The van der Waals surface area contributed by atoms with Gasteiger partial charge in [-0.15, -0.1) is 0 Å². The van der Waals surface area contributed by atoms with Crippen LogP contribution >= 0.6 is 7.26 Å². The molecule has 0 unspecified atom stereocenters. The van der Waals surface area contributed by atoms with E-state index in [1.807, 2.05) is 0 Å². The van der Waals surface area contributed by atoms with Crippen LogP contribution in [-0.2, 0) is 14.3 Å². The number of esters is 2. The minimum atomic E-state index is -2.29. The maximum absolute atomic E-state index is 12.3. The topological polar surface area (TPSA) is 65.5 Å². The zero-order valence-corrected chi connectivity index (χ0v) is 21.8. The molecule has 0 saturated carbocycles. The molecular formula is C31H32NO4P. The monoisotopic (exact) mass is 513 g/mol. The van der Waals surface area contributed by atoms with E-state index in [-0.39, 0.29) is 19.2 Å². The van der Waals surface area contributed by atoms with Gasteiger partial charge in [-0.05, 0) is 6.07 Å². The Hall–Kier alpha value is -3.82. The standard InChI is InChI=1S/C31H32NO4P/c33-30(35-22-23-36-31(34)26-13-12-21-32-25-26)20-10-11-24-37(27-14-4-1-5-15-27,28-16-6-2-7-17-28)29-18-8-3-9-19-29/h1-9,12-19,21,25,37H,10-11,20,22-24H2. The van der Waals surface area contributed by atoms with Gasteiger partial charge in [-0.2, -0.15) is 0 Å². The van der Waals surface area contributed by atoms with Crippen molar-refractivity contribution in [2.45, 2.75) is 19.3 Å². The molecule has 0 saturated heterocycles. The van der Waals surface area contributed by atoms with Gasteiger partial charge in [-0.25, -0.2) is 0 Å². The molecule has 0 amide bonds. The van der Waals surface area contributed by atoms with E-state index >= 15 is 0 Å². The Morgan fingerprint density at radius 3 is 1.70 bits per heavy atom. The SMILES string of the molecule is O=C(CCCC[PH](c1ccccc1)(c1ccccc1)c1ccccc1)OCCOC(=O)c1cccnc1. The van der Waals surface area contributed by atoms with Gasteiger partial charge in [0.15, 0.2) is 0 Å². The molecule has 0 spiro atoms. The Morgan fingerprint density at radius 1 is 0.649 bits per heavy atom. The molecule has 0 atom stereocenters. The van der Waals surface area contributed by atoms with Crippen LogP contribution in [0.25, 0.3) is 0 Å². The third-order valence-corrected chi connectivity index (χ3v) is 11.5. The van der Waals surface area contributed by atoms with Gasteiger partial charge in [-0.1, -0.05) is 0 Å². The zero-order chi connectivity index (χ0) is 25.8. The molecule has 0 aliphatic carbocycles. The quantitative estimate of drug-likeness (QED) is 0.156. The second kappa shape index (κ2) is 13.5. The van der Waals surface area contributed by atoms with Crippen molar-refractivity contribution in [2.75, 3.05) is 19.4 Å². The molecule has 0 aliphatic heterocycles. The molecule has 3 aromatic carbocycles. The van der Waals surface area contributed by atoms with Gasteiger partial charge in [-0.3, -0.25) is 4.98 Å². The molecule has 1 heterocycles. The van der Waals surface area contributed by atoms with Gasteiger partial charge in [0.1, 0.15) is 0 Å². The van der Waals surface area contributed by atoms with Crippen molar-refractivity contribution in [1.29, 1.82) is 0 Å². The summed E-state index contributed by atoms with van der Waals surface area (Å²) in [6, 6.07) is 35.6. The number of carbonyl (C=O) groups is 2. The van der Waals surface area contributed by atoms with Crippen LogP contribution < -0.4 is 15.9 Å². The predicted molar refractivity (Wildman–Crippen MR) is 151 cm³/mol. The summed E-state index contributed by atoms with van der Waals surface area (Å²) in [6.45, 7) is 0.0626. The van der Waals surface area contributed by atoms with Crippen molar-refractivity contribution >= 4 is 35.1 Å². The van der Waals surface area contributed by atoms with Crippen molar-refractivity contribution in [3.8, 4) is 0 Å². The first-order valence-corrected chi connectivity index (χ1v) is 14.8. The molecule has 190 valence electrons. The van der Waals surface area contributed by atoms with Crippen LogP contribution in [0.4, 0.5) is 0 Å². The van der Waals surface area contributed by atoms with Gasteiger partial charge < -0.3 is 0 Å². The van der Waals surface area contributed by atoms with Crippen LogP contribution in [0.3, 0.4) is 0 Å². The molecule has 1 aromatic heterocycles. The van der Waals surface area contributed by atoms with Gasteiger partial charge >= 0.3 is 202 Å².